The standard InChI is InChI=1S/C80H56/c1-2-10-74-50-58-19-20-60-28-36-68(44-43-66(74)34-26-58)76(52-60)12-5-6-14-78-54-62-23-24-64-32-40-72(48-47-70(78)38-30-62)80(56-64)16-8-7-15-79-55-63-22-21-61-29-37-69(45-46-71(79)39-31-63)77(53-61)13-4-3-11-75-51-59-18-17-57-25-33-65(73(9-1)49-57)41-42-67(75)35-27-59/h25-40,49-56H,17-24,41-48H2. The van der Waals surface area contributed by atoms with Gasteiger partial charge in [0.2, 0.25) is 0 Å². The van der Waals surface area contributed by atoms with Gasteiger partial charge in [-0.3, -0.25) is 0 Å². The molecule has 17 aliphatic carbocycles. The summed E-state index contributed by atoms with van der Waals surface area (Å²) in [7, 11) is 0. The molecule has 0 N–H and O–H groups in total. The number of benzene rings is 8. The summed E-state index contributed by atoms with van der Waals surface area (Å²) in [4.78, 5) is 0. The van der Waals surface area contributed by atoms with Gasteiger partial charge in [0, 0.05) is 44.5 Å². The molecule has 25 rings (SSSR count). The topological polar surface area (TPSA) is 0 Å². The molecule has 0 heterocycles. The Balaban J connectivity index is 0.864. The Morgan fingerprint density at radius 1 is 0.150 bits per heavy atom. The van der Waals surface area contributed by atoms with E-state index in [2.05, 4.69) is 240 Å². The Hall–Kier alpha value is -9.76. The Kier molecular flexibility index (Phi) is 14.4. The molecular weight excluding hydrogens is 961 g/mol. The van der Waals surface area contributed by atoms with Gasteiger partial charge in [-0.15, -0.1) is 0 Å². The predicted molar refractivity (Wildman–Crippen MR) is 326 cm³/mol. The smallest absolute Gasteiger partial charge is 0.0290 e. The lowest BCUT2D eigenvalue weighted by atomic mass is 9.91. The van der Waals surface area contributed by atoms with Gasteiger partial charge >= 0.3 is 0 Å². The van der Waals surface area contributed by atoms with Gasteiger partial charge in [-0.2, -0.15) is 0 Å². The molecule has 80 heavy (non-hydrogen) atoms. The van der Waals surface area contributed by atoms with E-state index < -0.39 is 0 Å². The molecule has 8 aromatic carbocycles. The van der Waals surface area contributed by atoms with Crippen molar-refractivity contribution in [2.45, 2.75) is 103 Å². The lowest BCUT2D eigenvalue weighted by Crippen LogP contribution is -2.03. The molecule has 17 aliphatic rings. The Morgan fingerprint density at radius 2 is 0.275 bits per heavy atom. The van der Waals surface area contributed by atoms with Crippen molar-refractivity contribution in [1.82, 2.24) is 0 Å². The lowest BCUT2D eigenvalue weighted by molar-refractivity contribution is 0.915. The van der Waals surface area contributed by atoms with Crippen LogP contribution in [0.1, 0.15) is 134 Å². The monoisotopic (exact) mass is 1020 g/mol. The van der Waals surface area contributed by atoms with E-state index >= 15 is 0 Å². The number of rotatable bonds is 0. The van der Waals surface area contributed by atoms with E-state index in [0.29, 0.717) is 0 Å². The van der Waals surface area contributed by atoms with E-state index in [1.807, 2.05) is 0 Å². The molecule has 0 aliphatic heterocycles. The molecular formula is C80H56. The van der Waals surface area contributed by atoms with Crippen molar-refractivity contribution in [3.05, 3.63) is 279 Å². The van der Waals surface area contributed by atoms with Crippen molar-refractivity contribution in [2.75, 3.05) is 0 Å². The first-order valence-electron chi connectivity index (χ1n) is 28.6. The van der Waals surface area contributed by atoms with Gasteiger partial charge in [0.15, 0.2) is 0 Å². The predicted octanol–water partition coefficient (Wildman–Crippen LogP) is 13.1. The summed E-state index contributed by atoms with van der Waals surface area (Å²) in [5, 5.41) is 0. The lowest BCUT2D eigenvalue weighted by Gasteiger charge is -2.13. The van der Waals surface area contributed by atoms with E-state index in [1.54, 1.807) is 0 Å². The molecule has 0 heteroatoms. The molecule has 0 spiro atoms. The fourth-order valence-electron chi connectivity index (χ4n) is 11.9. The van der Waals surface area contributed by atoms with Crippen LogP contribution >= 0.6 is 0 Å². The summed E-state index contributed by atoms with van der Waals surface area (Å²) in [5.74, 6) is 54.5. The summed E-state index contributed by atoms with van der Waals surface area (Å²) in [5.41, 5.74) is 28.6. The highest BCUT2D eigenvalue weighted by atomic mass is 14.2. The fourth-order valence-corrected chi connectivity index (χ4v) is 11.9. The molecule has 0 fully saturated rings. The first kappa shape index (κ1) is 49.8. The van der Waals surface area contributed by atoms with Crippen LogP contribution in [0.25, 0.3) is 0 Å². The average Bonchev–Trinajstić information content (AvgIpc) is 3.47. The van der Waals surface area contributed by atoms with Crippen molar-refractivity contribution in [3.8, 4) is 94.7 Å². The van der Waals surface area contributed by atoms with Crippen LogP contribution in [0.3, 0.4) is 0 Å². The van der Waals surface area contributed by atoms with Crippen LogP contribution in [0.15, 0.2) is 146 Å². The number of aryl methyl sites for hydroxylation is 16. The quantitative estimate of drug-likeness (QED) is 0.133. The van der Waals surface area contributed by atoms with Gasteiger partial charge in [0.25, 0.3) is 0 Å². The molecule has 8 aromatic rings. The van der Waals surface area contributed by atoms with Crippen LogP contribution < -0.4 is 0 Å². The molecule has 0 aromatic heterocycles. The van der Waals surface area contributed by atoms with Gasteiger partial charge in [0.05, 0.1) is 0 Å². The van der Waals surface area contributed by atoms with E-state index in [-0.39, 0.29) is 0 Å². The molecule has 0 atom stereocenters. The third-order valence-corrected chi connectivity index (χ3v) is 16.7. The second kappa shape index (κ2) is 23.1. The van der Waals surface area contributed by atoms with Crippen molar-refractivity contribution in [3.63, 3.8) is 0 Å². The molecule has 0 nitrogen and oxygen atoms in total. The highest BCUT2D eigenvalue weighted by molar-refractivity contribution is 5.58. The second-order valence-electron chi connectivity index (χ2n) is 21.9. The number of hydrogen-bond acceptors (Lipinski definition) is 0. The van der Waals surface area contributed by atoms with Crippen molar-refractivity contribution in [2.24, 2.45) is 0 Å². The third-order valence-electron chi connectivity index (χ3n) is 16.7. The van der Waals surface area contributed by atoms with Gasteiger partial charge in [-0.05, 0) is 288 Å². The zero-order valence-corrected chi connectivity index (χ0v) is 45.2. The molecule has 376 valence electrons. The molecule has 0 radical (unpaired) electrons. The summed E-state index contributed by atoms with van der Waals surface area (Å²) < 4.78 is 0. The summed E-state index contributed by atoms with van der Waals surface area (Å²) in [6.07, 6.45) is 14.2. The van der Waals surface area contributed by atoms with Crippen molar-refractivity contribution < 1.29 is 0 Å². The zero-order valence-electron chi connectivity index (χ0n) is 45.2. The SMILES string of the molecule is C1#Cc2cc3ccc2CCc2ccc(cc2C#CC#Cc2cc4ccc2CCc2ccc(cc2C#CC#Cc2cc5ccc2CCc2ccc(cc2C#CC#Cc2cc6ccc2CCc2ccc(cc2C#C1)CC6)CC5)CC4)CC3. The molecule has 0 saturated carbocycles. The van der Waals surface area contributed by atoms with Gasteiger partial charge in [-0.1, -0.05) is 144 Å². The van der Waals surface area contributed by atoms with Crippen LogP contribution in [0.2, 0.25) is 0 Å². The first-order chi connectivity index (χ1) is 39.5. The molecule has 0 unspecified atom stereocenters. The van der Waals surface area contributed by atoms with Crippen LogP contribution in [0, 0.1) is 94.7 Å². The van der Waals surface area contributed by atoms with Crippen LogP contribution in [-0.2, 0) is 103 Å². The van der Waals surface area contributed by atoms with Crippen LogP contribution in [-0.4, -0.2) is 0 Å². The highest BCUT2D eigenvalue weighted by Gasteiger charge is 2.15. The largest absolute Gasteiger partial charge is 0.0587 e. The summed E-state index contributed by atoms with van der Waals surface area (Å²) in [6.45, 7) is 0. The van der Waals surface area contributed by atoms with E-state index in [1.165, 1.54) is 89.0 Å². The van der Waals surface area contributed by atoms with Crippen molar-refractivity contribution in [1.29, 1.82) is 0 Å². The minimum Gasteiger partial charge on any atom is -0.0587 e. The van der Waals surface area contributed by atoms with E-state index in [9.17, 15) is 0 Å². The maximum absolute atomic E-state index is 3.51. The van der Waals surface area contributed by atoms with E-state index in [4.69, 9.17) is 0 Å². The third kappa shape index (κ3) is 11.7. The van der Waals surface area contributed by atoms with Crippen LogP contribution in [0.4, 0.5) is 0 Å². The number of hydrogen-bond donors (Lipinski definition) is 0. The zero-order chi connectivity index (χ0) is 53.5. The van der Waals surface area contributed by atoms with Crippen LogP contribution in [0.5, 0.6) is 0 Å². The maximum atomic E-state index is 3.51. The molecule has 24 bridgehead atoms. The fraction of sp³-hybridized carbons (Fsp3) is 0.200. The second-order valence-corrected chi connectivity index (χ2v) is 21.9. The van der Waals surface area contributed by atoms with Gasteiger partial charge in [0.1, 0.15) is 0 Å². The average molecular weight is 1020 g/mol. The maximum Gasteiger partial charge on any atom is 0.0290 e. The minimum absolute atomic E-state index is 0.854. The van der Waals surface area contributed by atoms with Gasteiger partial charge < -0.3 is 0 Å². The molecule has 0 saturated heterocycles. The molecule has 0 amide bonds. The van der Waals surface area contributed by atoms with E-state index in [0.717, 1.165) is 147 Å². The summed E-state index contributed by atoms with van der Waals surface area (Å²) >= 11 is 0. The highest BCUT2D eigenvalue weighted by Crippen LogP contribution is 2.27. The first-order valence-corrected chi connectivity index (χ1v) is 28.6. The van der Waals surface area contributed by atoms with Gasteiger partial charge in [-0.25, -0.2) is 0 Å². The summed E-state index contributed by atoms with van der Waals surface area (Å²) in [6, 6.07) is 54.7. The Labute approximate surface area is 473 Å². The van der Waals surface area contributed by atoms with Crippen molar-refractivity contribution >= 4 is 0 Å². The Morgan fingerprint density at radius 3 is 0.400 bits per heavy atom. The minimum atomic E-state index is 0.854. The normalized spacial score (nSPS) is 14.2. The Bertz CT molecular complexity index is 3550.